The molecule has 2 amide bonds. The zero-order valence-corrected chi connectivity index (χ0v) is 17.9. The van der Waals surface area contributed by atoms with Crippen LogP contribution in [-0.2, 0) is 4.79 Å². The second kappa shape index (κ2) is 10.7. The minimum absolute atomic E-state index is 0.0335. The Labute approximate surface area is 176 Å². The van der Waals surface area contributed by atoms with E-state index in [-0.39, 0.29) is 30.5 Å². The summed E-state index contributed by atoms with van der Waals surface area (Å²) in [5.41, 5.74) is 1.42. The van der Waals surface area contributed by atoms with Crippen molar-refractivity contribution < 1.29 is 19.1 Å². The summed E-state index contributed by atoms with van der Waals surface area (Å²) in [5.74, 6) is 0.328. The van der Waals surface area contributed by atoms with Gasteiger partial charge >= 0.3 is 0 Å². The molecule has 0 fully saturated rings. The van der Waals surface area contributed by atoms with Crippen LogP contribution in [0.4, 0.5) is 0 Å². The normalized spacial score (nSPS) is 11.7. The molecule has 0 saturated heterocycles. The van der Waals surface area contributed by atoms with E-state index in [9.17, 15) is 9.59 Å². The summed E-state index contributed by atoms with van der Waals surface area (Å²) in [6.45, 7) is 5.62. The third-order valence-corrected chi connectivity index (χ3v) is 4.47. The molecular weight excluding hydrogens is 392 g/mol. The number of rotatable bonds is 9. The van der Waals surface area contributed by atoms with Crippen LogP contribution in [0.5, 0.6) is 11.5 Å². The van der Waals surface area contributed by atoms with E-state index in [1.165, 1.54) is 7.11 Å². The first-order valence-corrected chi connectivity index (χ1v) is 9.88. The molecule has 0 saturated carbocycles. The number of amides is 2. The lowest BCUT2D eigenvalue weighted by Crippen LogP contribution is -2.34. The van der Waals surface area contributed by atoms with E-state index in [2.05, 4.69) is 10.6 Å². The standard InChI is InChI=1S/C22H27ClN2O4/c1-5-18(15-6-9-17(23)10-7-15)25-22(27)16-8-11-19(20(12-16)28-4)29-13-21(26)24-14(2)3/h6-12,14,18H,5,13H2,1-4H3,(H,24,26)(H,25,27). The highest BCUT2D eigenvalue weighted by atomic mass is 35.5. The van der Waals surface area contributed by atoms with Gasteiger partial charge in [0, 0.05) is 16.6 Å². The number of carbonyl (C=O) groups excluding carboxylic acids is 2. The molecule has 0 heterocycles. The van der Waals surface area contributed by atoms with Gasteiger partial charge in [0.15, 0.2) is 18.1 Å². The predicted octanol–water partition coefficient (Wildman–Crippen LogP) is 4.13. The van der Waals surface area contributed by atoms with Crippen LogP contribution in [0.15, 0.2) is 42.5 Å². The molecule has 1 atom stereocenters. The monoisotopic (exact) mass is 418 g/mol. The molecule has 7 heteroatoms. The quantitative estimate of drug-likeness (QED) is 0.641. The van der Waals surface area contributed by atoms with Gasteiger partial charge < -0.3 is 20.1 Å². The Morgan fingerprint density at radius 1 is 1.03 bits per heavy atom. The Hall–Kier alpha value is -2.73. The van der Waals surface area contributed by atoms with Crippen LogP contribution in [0.3, 0.4) is 0 Å². The lowest BCUT2D eigenvalue weighted by atomic mass is 10.0. The summed E-state index contributed by atoms with van der Waals surface area (Å²) < 4.78 is 10.9. The summed E-state index contributed by atoms with van der Waals surface area (Å²) in [7, 11) is 1.49. The Balaban J connectivity index is 2.08. The maximum Gasteiger partial charge on any atom is 0.258 e. The largest absolute Gasteiger partial charge is 0.493 e. The number of ether oxygens (including phenoxy) is 2. The van der Waals surface area contributed by atoms with Crippen LogP contribution in [0, 0.1) is 0 Å². The molecule has 29 heavy (non-hydrogen) atoms. The fourth-order valence-corrected chi connectivity index (χ4v) is 2.92. The number of hydrogen-bond donors (Lipinski definition) is 2. The fourth-order valence-electron chi connectivity index (χ4n) is 2.79. The Morgan fingerprint density at radius 3 is 2.31 bits per heavy atom. The van der Waals surface area contributed by atoms with E-state index in [0.717, 1.165) is 12.0 Å². The second-order valence-corrected chi connectivity index (χ2v) is 7.30. The molecule has 2 rings (SSSR count). The SMILES string of the molecule is CCC(NC(=O)c1ccc(OCC(=O)NC(C)C)c(OC)c1)c1ccc(Cl)cc1. The first-order valence-electron chi connectivity index (χ1n) is 9.50. The van der Waals surface area contributed by atoms with Crippen molar-refractivity contribution >= 4 is 23.4 Å². The molecule has 0 radical (unpaired) electrons. The highest BCUT2D eigenvalue weighted by Gasteiger charge is 2.17. The van der Waals surface area contributed by atoms with Gasteiger partial charge in [-0.2, -0.15) is 0 Å². The summed E-state index contributed by atoms with van der Waals surface area (Å²) in [6, 6.07) is 12.2. The van der Waals surface area contributed by atoms with E-state index in [0.29, 0.717) is 22.1 Å². The van der Waals surface area contributed by atoms with E-state index in [4.69, 9.17) is 21.1 Å². The van der Waals surface area contributed by atoms with Crippen LogP contribution in [0.2, 0.25) is 5.02 Å². The van der Waals surface area contributed by atoms with E-state index >= 15 is 0 Å². The number of halogens is 1. The molecular formula is C22H27ClN2O4. The molecule has 1 unspecified atom stereocenters. The van der Waals surface area contributed by atoms with Gasteiger partial charge in [-0.3, -0.25) is 9.59 Å². The highest BCUT2D eigenvalue weighted by Crippen LogP contribution is 2.28. The smallest absolute Gasteiger partial charge is 0.258 e. The lowest BCUT2D eigenvalue weighted by Gasteiger charge is -2.18. The Bertz CT molecular complexity index is 837. The minimum Gasteiger partial charge on any atom is -0.493 e. The van der Waals surface area contributed by atoms with Crippen molar-refractivity contribution in [3.63, 3.8) is 0 Å². The zero-order chi connectivity index (χ0) is 21.4. The maximum atomic E-state index is 12.7. The molecule has 0 aliphatic rings. The van der Waals surface area contributed by atoms with Gasteiger partial charge in [0.25, 0.3) is 11.8 Å². The first-order chi connectivity index (χ1) is 13.8. The summed E-state index contributed by atoms with van der Waals surface area (Å²) in [6.07, 6.45) is 0.733. The average molecular weight is 419 g/mol. The van der Waals surface area contributed by atoms with Crippen LogP contribution < -0.4 is 20.1 Å². The molecule has 0 aromatic heterocycles. The van der Waals surface area contributed by atoms with E-state index in [1.54, 1.807) is 30.3 Å². The van der Waals surface area contributed by atoms with Gasteiger partial charge in [-0.1, -0.05) is 30.7 Å². The van der Waals surface area contributed by atoms with Crippen molar-refractivity contribution in [2.45, 2.75) is 39.3 Å². The third kappa shape index (κ3) is 6.68. The van der Waals surface area contributed by atoms with E-state index in [1.807, 2.05) is 32.9 Å². The van der Waals surface area contributed by atoms with Gasteiger partial charge in [-0.15, -0.1) is 0 Å². The van der Waals surface area contributed by atoms with Crippen molar-refractivity contribution in [2.24, 2.45) is 0 Å². The van der Waals surface area contributed by atoms with Gasteiger partial charge in [0.1, 0.15) is 0 Å². The Kier molecular flexibility index (Phi) is 8.34. The fraction of sp³-hybridized carbons (Fsp3) is 0.364. The van der Waals surface area contributed by atoms with Gasteiger partial charge in [0.05, 0.1) is 13.2 Å². The Morgan fingerprint density at radius 2 is 1.72 bits per heavy atom. The zero-order valence-electron chi connectivity index (χ0n) is 17.1. The average Bonchev–Trinajstić information content (AvgIpc) is 2.70. The number of methoxy groups -OCH3 is 1. The lowest BCUT2D eigenvalue weighted by molar-refractivity contribution is -0.123. The second-order valence-electron chi connectivity index (χ2n) is 6.86. The summed E-state index contributed by atoms with van der Waals surface area (Å²) in [5, 5.41) is 6.42. The van der Waals surface area contributed by atoms with Crippen molar-refractivity contribution in [3.05, 3.63) is 58.6 Å². The van der Waals surface area contributed by atoms with Crippen molar-refractivity contribution in [2.75, 3.05) is 13.7 Å². The number of hydrogen-bond acceptors (Lipinski definition) is 4. The summed E-state index contributed by atoms with van der Waals surface area (Å²) >= 11 is 5.94. The number of nitrogens with one attached hydrogen (secondary N) is 2. The van der Waals surface area contributed by atoms with Crippen molar-refractivity contribution in [3.8, 4) is 11.5 Å². The highest BCUT2D eigenvalue weighted by molar-refractivity contribution is 6.30. The predicted molar refractivity (Wildman–Crippen MR) is 114 cm³/mol. The van der Waals surface area contributed by atoms with Crippen molar-refractivity contribution in [1.82, 2.24) is 10.6 Å². The van der Waals surface area contributed by atoms with Crippen LogP contribution in [0.1, 0.15) is 49.2 Å². The molecule has 0 spiro atoms. The maximum absolute atomic E-state index is 12.7. The number of carbonyl (C=O) groups is 2. The van der Waals surface area contributed by atoms with Crippen LogP contribution >= 0.6 is 11.6 Å². The first kappa shape index (κ1) is 22.6. The topological polar surface area (TPSA) is 76.7 Å². The van der Waals surface area contributed by atoms with Gasteiger partial charge in [-0.05, 0) is 56.2 Å². The number of benzene rings is 2. The molecule has 6 nitrogen and oxygen atoms in total. The van der Waals surface area contributed by atoms with Gasteiger partial charge in [0.2, 0.25) is 0 Å². The van der Waals surface area contributed by atoms with Crippen LogP contribution in [-0.4, -0.2) is 31.6 Å². The molecule has 0 bridgehead atoms. The van der Waals surface area contributed by atoms with Crippen LogP contribution in [0.25, 0.3) is 0 Å². The molecule has 2 N–H and O–H groups in total. The summed E-state index contributed by atoms with van der Waals surface area (Å²) in [4.78, 5) is 24.5. The van der Waals surface area contributed by atoms with Gasteiger partial charge in [-0.25, -0.2) is 0 Å². The van der Waals surface area contributed by atoms with E-state index < -0.39 is 0 Å². The molecule has 0 aliphatic heterocycles. The third-order valence-electron chi connectivity index (χ3n) is 4.22. The molecule has 156 valence electrons. The van der Waals surface area contributed by atoms with Crippen molar-refractivity contribution in [1.29, 1.82) is 0 Å². The minimum atomic E-state index is -0.228. The molecule has 2 aromatic rings. The molecule has 0 aliphatic carbocycles. The molecule has 2 aromatic carbocycles.